The fraction of sp³-hybridized carbons (Fsp3) is 1.00. The number of rotatable bonds is 1. The van der Waals surface area contributed by atoms with E-state index in [0.717, 1.165) is 17.8 Å². The molecular weight excluding hydrogens is 160 g/mol. The van der Waals surface area contributed by atoms with Gasteiger partial charge in [-0.3, -0.25) is 0 Å². The van der Waals surface area contributed by atoms with E-state index in [0.29, 0.717) is 12.0 Å². The van der Waals surface area contributed by atoms with Crippen LogP contribution < -0.4 is 0 Å². The first kappa shape index (κ1) is 8.28. The molecule has 0 radical (unpaired) electrons. The van der Waals surface area contributed by atoms with E-state index < -0.39 is 0 Å². The predicted octanol–water partition coefficient (Wildman–Crippen LogP) is 2.59. The molecule has 1 nitrogen and oxygen atoms in total. The maximum atomic E-state index is 9.55. The molecule has 4 atom stereocenters. The monoisotopic (exact) mass is 180 g/mol. The first-order valence-electron chi connectivity index (χ1n) is 5.90. The van der Waals surface area contributed by atoms with Crippen LogP contribution in [0.25, 0.3) is 0 Å². The summed E-state index contributed by atoms with van der Waals surface area (Å²) in [4.78, 5) is 0. The zero-order chi connectivity index (χ0) is 8.89. The average Bonchev–Trinajstić information content (AvgIpc) is 2.32. The van der Waals surface area contributed by atoms with Crippen molar-refractivity contribution in [1.82, 2.24) is 0 Å². The van der Waals surface area contributed by atoms with Crippen molar-refractivity contribution in [2.24, 2.45) is 23.2 Å². The topological polar surface area (TPSA) is 20.2 Å². The van der Waals surface area contributed by atoms with E-state index in [1.54, 1.807) is 0 Å². The van der Waals surface area contributed by atoms with Crippen LogP contribution in [0, 0.1) is 23.2 Å². The third-order valence-corrected chi connectivity index (χ3v) is 4.86. The Kier molecular flexibility index (Phi) is 1.74. The maximum Gasteiger partial charge on any atom is 0.0487 e. The number of aliphatic hydroxyl groups excluding tert-OH is 1. The Morgan fingerprint density at radius 1 is 1.00 bits per heavy atom. The largest absolute Gasteiger partial charge is 0.396 e. The normalized spacial score (nSPS) is 53.8. The number of aliphatic hydroxyl groups is 1. The van der Waals surface area contributed by atoms with Gasteiger partial charge in [0, 0.05) is 6.61 Å². The van der Waals surface area contributed by atoms with Crippen LogP contribution in [-0.4, -0.2) is 11.7 Å². The van der Waals surface area contributed by atoms with Gasteiger partial charge in [0.1, 0.15) is 0 Å². The molecule has 74 valence electrons. The molecule has 4 rings (SSSR count). The quantitative estimate of drug-likeness (QED) is 0.657. The zero-order valence-electron chi connectivity index (χ0n) is 8.34. The van der Waals surface area contributed by atoms with Crippen molar-refractivity contribution in [1.29, 1.82) is 0 Å². The number of hydrogen-bond acceptors (Lipinski definition) is 1. The van der Waals surface area contributed by atoms with Crippen LogP contribution in [0.2, 0.25) is 0 Å². The summed E-state index contributed by atoms with van der Waals surface area (Å²) in [6.07, 6.45) is 9.87. The Labute approximate surface area is 80.5 Å². The van der Waals surface area contributed by atoms with E-state index in [2.05, 4.69) is 0 Å². The summed E-state index contributed by atoms with van der Waals surface area (Å²) >= 11 is 0. The molecule has 4 aliphatic rings. The highest BCUT2D eigenvalue weighted by molar-refractivity contribution is 4.97. The van der Waals surface area contributed by atoms with Gasteiger partial charge < -0.3 is 5.11 Å². The molecule has 1 N–H and O–H groups in total. The minimum absolute atomic E-state index is 0.374. The van der Waals surface area contributed by atoms with Gasteiger partial charge in [-0.25, -0.2) is 0 Å². The molecule has 0 saturated heterocycles. The van der Waals surface area contributed by atoms with Gasteiger partial charge in [-0.1, -0.05) is 0 Å². The van der Waals surface area contributed by atoms with Crippen molar-refractivity contribution in [3.05, 3.63) is 0 Å². The summed E-state index contributed by atoms with van der Waals surface area (Å²) in [6, 6.07) is 0. The van der Waals surface area contributed by atoms with Crippen LogP contribution in [0.5, 0.6) is 0 Å². The molecule has 0 aliphatic heterocycles. The molecule has 0 aromatic heterocycles. The first-order chi connectivity index (χ1) is 6.30. The molecule has 1 heteroatoms. The smallest absolute Gasteiger partial charge is 0.0487 e. The van der Waals surface area contributed by atoms with E-state index >= 15 is 0 Å². The third-order valence-electron chi connectivity index (χ3n) is 4.86. The van der Waals surface area contributed by atoms with Crippen molar-refractivity contribution in [3.8, 4) is 0 Å². The lowest BCUT2D eigenvalue weighted by molar-refractivity contribution is 0.0189. The molecule has 0 spiro atoms. The van der Waals surface area contributed by atoms with Crippen LogP contribution >= 0.6 is 0 Å². The minimum Gasteiger partial charge on any atom is -0.396 e. The molecule has 4 fully saturated rings. The van der Waals surface area contributed by atoms with Gasteiger partial charge in [-0.2, -0.15) is 0 Å². The van der Waals surface area contributed by atoms with Gasteiger partial charge in [0.25, 0.3) is 0 Å². The highest BCUT2D eigenvalue weighted by Gasteiger charge is 2.46. The second-order valence-electron chi connectivity index (χ2n) is 5.91. The van der Waals surface area contributed by atoms with E-state index in [1.807, 2.05) is 0 Å². The molecule has 4 aliphatic carbocycles. The van der Waals surface area contributed by atoms with Crippen LogP contribution in [0.1, 0.15) is 44.9 Å². The average molecular weight is 180 g/mol. The van der Waals surface area contributed by atoms with Gasteiger partial charge in [-0.15, -0.1) is 0 Å². The number of fused-ring (bicyclic) bond motifs is 1. The molecule has 0 aromatic carbocycles. The first-order valence-corrected chi connectivity index (χ1v) is 5.90. The van der Waals surface area contributed by atoms with Crippen LogP contribution in [-0.2, 0) is 0 Å². The summed E-state index contributed by atoms with van der Waals surface area (Å²) in [5.41, 5.74) is 0.374. The summed E-state index contributed by atoms with van der Waals surface area (Å²) in [6.45, 7) is 0.465. The third kappa shape index (κ3) is 1.24. The Hall–Kier alpha value is -0.0400. The standard InChI is InChI=1S/C12H20O/c13-8-12-2-1-9-3-10(6-12)5-11(4-9)7-12/h9-11,13H,1-8H2/t9?,10-,11+,12?. The lowest BCUT2D eigenvalue weighted by Gasteiger charge is -2.44. The van der Waals surface area contributed by atoms with Gasteiger partial charge in [0.2, 0.25) is 0 Å². The van der Waals surface area contributed by atoms with E-state index in [1.165, 1.54) is 44.9 Å². The van der Waals surface area contributed by atoms with Crippen LogP contribution in [0.15, 0.2) is 0 Å². The Balaban J connectivity index is 1.92. The summed E-state index contributed by atoms with van der Waals surface area (Å²) in [5.74, 6) is 2.99. The van der Waals surface area contributed by atoms with E-state index in [9.17, 15) is 5.11 Å². The maximum absolute atomic E-state index is 9.55. The van der Waals surface area contributed by atoms with Crippen molar-refractivity contribution in [3.63, 3.8) is 0 Å². The lowest BCUT2D eigenvalue weighted by Crippen LogP contribution is -2.36. The predicted molar refractivity (Wildman–Crippen MR) is 52.3 cm³/mol. The van der Waals surface area contributed by atoms with Gasteiger partial charge in [-0.05, 0) is 68.1 Å². The van der Waals surface area contributed by atoms with Crippen molar-refractivity contribution >= 4 is 0 Å². The van der Waals surface area contributed by atoms with Crippen molar-refractivity contribution in [2.45, 2.75) is 44.9 Å². The summed E-state index contributed by atoms with van der Waals surface area (Å²) in [7, 11) is 0. The molecule has 0 aromatic rings. The Bertz CT molecular complexity index is 197. The molecule has 0 heterocycles. The zero-order valence-corrected chi connectivity index (χ0v) is 8.34. The summed E-state index contributed by atoms with van der Waals surface area (Å²) in [5, 5.41) is 9.55. The molecular formula is C12H20O. The van der Waals surface area contributed by atoms with E-state index in [4.69, 9.17) is 0 Å². The number of hydrogen-bond donors (Lipinski definition) is 1. The molecule has 0 amide bonds. The van der Waals surface area contributed by atoms with Gasteiger partial charge in [0.05, 0.1) is 0 Å². The highest BCUT2D eigenvalue weighted by Crippen LogP contribution is 2.56. The Morgan fingerprint density at radius 3 is 2.23 bits per heavy atom. The van der Waals surface area contributed by atoms with Gasteiger partial charge >= 0.3 is 0 Å². The Morgan fingerprint density at radius 2 is 1.62 bits per heavy atom. The van der Waals surface area contributed by atoms with Crippen LogP contribution in [0.3, 0.4) is 0 Å². The summed E-state index contributed by atoms with van der Waals surface area (Å²) < 4.78 is 0. The fourth-order valence-corrected chi connectivity index (χ4v) is 4.50. The molecule has 4 bridgehead atoms. The lowest BCUT2D eigenvalue weighted by atomic mass is 9.62. The molecule has 2 unspecified atom stereocenters. The van der Waals surface area contributed by atoms with Gasteiger partial charge in [0.15, 0.2) is 0 Å². The SMILES string of the molecule is OCC12CCC3C[C@H](C[C@H](C3)C1)C2. The second-order valence-corrected chi connectivity index (χ2v) is 5.91. The molecule has 13 heavy (non-hydrogen) atoms. The molecule has 4 saturated carbocycles. The second kappa shape index (κ2) is 2.73. The minimum atomic E-state index is 0.374. The van der Waals surface area contributed by atoms with Crippen LogP contribution in [0.4, 0.5) is 0 Å². The van der Waals surface area contributed by atoms with E-state index in [-0.39, 0.29) is 0 Å². The highest BCUT2D eigenvalue weighted by atomic mass is 16.3. The fourth-order valence-electron chi connectivity index (χ4n) is 4.50. The van der Waals surface area contributed by atoms with Crippen molar-refractivity contribution < 1.29 is 5.11 Å². The van der Waals surface area contributed by atoms with Crippen molar-refractivity contribution in [2.75, 3.05) is 6.61 Å².